The van der Waals surface area contributed by atoms with Crippen LogP contribution in [0.2, 0.25) is 5.02 Å². The lowest BCUT2D eigenvalue weighted by Gasteiger charge is -2.08. The van der Waals surface area contributed by atoms with Gasteiger partial charge in [0.1, 0.15) is 0 Å². The first-order valence-corrected chi connectivity index (χ1v) is 6.85. The largest absolute Gasteiger partial charge is 0.0843 e. The minimum atomic E-state index is 0.743. The van der Waals surface area contributed by atoms with Crippen molar-refractivity contribution in [2.24, 2.45) is 0 Å². The van der Waals surface area contributed by atoms with Crippen LogP contribution in [0.5, 0.6) is 0 Å². The van der Waals surface area contributed by atoms with E-state index in [0.29, 0.717) is 0 Å². The summed E-state index contributed by atoms with van der Waals surface area (Å²) >= 11 is 9.61. The Kier molecular flexibility index (Phi) is 3.11. The third-order valence-corrected chi connectivity index (χ3v) is 3.64. The van der Waals surface area contributed by atoms with E-state index in [2.05, 4.69) is 64.5 Å². The van der Waals surface area contributed by atoms with E-state index >= 15 is 0 Å². The van der Waals surface area contributed by atoms with E-state index in [1.54, 1.807) is 0 Å². The predicted molar refractivity (Wildman–Crippen MR) is 82.1 cm³/mol. The molecular weight excluding hydrogens is 308 g/mol. The van der Waals surface area contributed by atoms with Crippen molar-refractivity contribution in [3.8, 4) is 11.1 Å². The van der Waals surface area contributed by atoms with Crippen LogP contribution < -0.4 is 0 Å². The van der Waals surface area contributed by atoms with Gasteiger partial charge in [-0.2, -0.15) is 0 Å². The molecule has 0 aliphatic heterocycles. The Morgan fingerprint density at radius 1 is 0.833 bits per heavy atom. The van der Waals surface area contributed by atoms with Gasteiger partial charge in [-0.25, -0.2) is 0 Å². The Morgan fingerprint density at radius 3 is 2.44 bits per heavy atom. The molecule has 0 spiro atoms. The summed E-state index contributed by atoms with van der Waals surface area (Å²) in [6, 6.07) is 20.7. The summed E-state index contributed by atoms with van der Waals surface area (Å²) in [5.74, 6) is 0. The number of halogens is 2. The van der Waals surface area contributed by atoms with Crippen LogP contribution in [0.15, 0.2) is 65.1 Å². The highest BCUT2D eigenvalue weighted by molar-refractivity contribution is 9.10. The van der Waals surface area contributed by atoms with Crippen LogP contribution in [0.3, 0.4) is 0 Å². The monoisotopic (exact) mass is 316 g/mol. The second kappa shape index (κ2) is 4.75. The van der Waals surface area contributed by atoms with Crippen LogP contribution in [0, 0.1) is 0 Å². The Hall–Kier alpha value is -1.31. The topological polar surface area (TPSA) is 0 Å². The Bertz CT molecular complexity index is 694. The van der Waals surface area contributed by atoms with Gasteiger partial charge in [0.05, 0.1) is 0 Å². The smallest absolute Gasteiger partial charge is 0.0423 e. The van der Waals surface area contributed by atoms with Crippen molar-refractivity contribution in [2.75, 3.05) is 0 Å². The predicted octanol–water partition coefficient (Wildman–Crippen LogP) is 5.92. The average Bonchev–Trinajstić information content (AvgIpc) is 2.37. The molecule has 0 aliphatic rings. The van der Waals surface area contributed by atoms with Crippen LogP contribution in [0.1, 0.15) is 0 Å². The maximum Gasteiger partial charge on any atom is 0.0423 e. The molecule has 0 nitrogen and oxygen atoms in total. The molecule has 3 aromatic rings. The summed E-state index contributed by atoms with van der Waals surface area (Å²) in [6.45, 7) is 0. The molecule has 0 atom stereocenters. The summed E-state index contributed by atoms with van der Waals surface area (Å²) in [5.41, 5.74) is 2.34. The van der Waals surface area contributed by atoms with Crippen molar-refractivity contribution in [1.29, 1.82) is 0 Å². The summed E-state index contributed by atoms with van der Waals surface area (Å²) in [4.78, 5) is 0. The second-order valence-electron chi connectivity index (χ2n) is 4.18. The van der Waals surface area contributed by atoms with Crippen molar-refractivity contribution >= 4 is 38.3 Å². The molecule has 3 aromatic carbocycles. The lowest BCUT2D eigenvalue weighted by molar-refractivity contribution is 1.61. The van der Waals surface area contributed by atoms with E-state index < -0.39 is 0 Å². The van der Waals surface area contributed by atoms with Gasteiger partial charge in [0, 0.05) is 9.50 Å². The second-order valence-corrected chi connectivity index (χ2v) is 5.54. The normalized spacial score (nSPS) is 10.8. The minimum Gasteiger partial charge on any atom is -0.0843 e. The number of benzene rings is 3. The zero-order valence-electron chi connectivity index (χ0n) is 9.53. The van der Waals surface area contributed by atoms with Gasteiger partial charge in [-0.15, -0.1) is 0 Å². The van der Waals surface area contributed by atoms with Gasteiger partial charge in [0.25, 0.3) is 0 Å². The van der Waals surface area contributed by atoms with Gasteiger partial charge < -0.3 is 0 Å². The summed E-state index contributed by atoms with van der Waals surface area (Å²) < 4.78 is 0.998. The zero-order chi connectivity index (χ0) is 12.5. The van der Waals surface area contributed by atoms with Gasteiger partial charge in [0.2, 0.25) is 0 Å². The molecule has 0 heterocycles. The SMILES string of the molecule is Clc1cc(Br)cc(-c2cccc3ccccc23)c1. The van der Waals surface area contributed by atoms with E-state index in [-0.39, 0.29) is 0 Å². The van der Waals surface area contributed by atoms with Gasteiger partial charge in [-0.05, 0) is 40.1 Å². The highest BCUT2D eigenvalue weighted by Crippen LogP contribution is 2.32. The van der Waals surface area contributed by atoms with E-state index in [1.165, 1.54) is 16.3 Å². The number of hydrogen-bond donors (Lipinski definition) is 0. The molecule has 2 heteroatoms. The van der Waals surface area contributed by atoms with Crippen LogP contribution in [-0.2, 0) is 0 Å². The summed E-state index contributed by atoms with van der Waals surface area (Å²) in [5, 5.41) is 3.23. The van der Waals surface area contributed by atoms with Crippen molar-refractivity contribution in [3.63, 3.8) is 0 Å². The fraction of sp³-hybridized carbons (Fsp3) is 0. The molecule has 0 unspecified atom stereocenters. The fourth-order valence-electron chi connectivity index (χ4n) is 2.19. The minimum absolute atomic E-state index is 0.743. The molecule has 0 aliphatic carbocycles. The summed E-state index contributed by atoms with van der Waals surface area (Å²) in [6.07, 6.45) is 0. The van der Waals surface area contributed by atoms with E-state index in [1.807, 2.05) is 12.1 Å². The molecule has 0 N–H and O–H groups in total. The van der Waals surface area contributed by atoms with Crippen molar-refractivity contribution < 1.29 is 0 Å². The third-order valence-electron chi connectivity index (χ3n) is 2.96. The van der Waals surface area contributed by atoms with Crippen molar-refractivity contribution in [2.45, 2.75) is 0 Å². The van der Waals surface area contributed by atoms with Crippen LogP contribution >= 0.6 is 27.5 Å². The highest BCUT2D eigenvalue weighted by Gasteiger charge is 2.05. The summed E-state index contributed by atoms with van der Waals surface area (Å²) in [7, 11) is 0. The maximum atomic E-state index is 6.12. The van der Waals surface area contributed by atoms with Crippen LogP contribution in [-0.4, -0.2) is 0 Å². The van der Waals surface area contributed by atoms with Gasteiger partial charge in [0.15, 0.2) is 0 Å². The number of hydrogen-bond acceptors (Lipinski definition) is 0. The van der Waals surface area contributed by atoms with E-state index in [4.69, 9.17) is 11.6 Å². The van der Waals surface area contributed by atoms with Gasteiger partial charge in [-0.3, -0.25) is 0 Å². The Morgan fingerprint density at radius 2 is 1.61 bits per heavy atom. The van der Waals surface area contributed by atoms with Gasteiger partial charge in [-0.1, -0.05) is 70.0 Å². The zero-order valence-corrected chi connectivity index (χ0v) is 11.9. The molecule has 0 aromatic heterocycles. The lowest BCUT2D eigenvalue weighted by Crippen LogP contribution is -1.81. The highest BCUT2D eigenvalue weighted by atomic mass is 79.9. The molecule has 0 saturated carbocycles. The molecule has 0 radical (unpaired) electrons. The molecule has 3 rings (SSSR count). The Balaban J connectivity index is 2.31. The van der Waals surface area contributed by atoms with Crippen LogP contribution in [0.25, 0.3) is 21.9 Å². The first-order valence-electron chi connectivity index (χ1n) is 5.68. The van der Waals surface area contributed by atoms with E-state index in [0.717, 1.165) is 15.1 Å². The first-order chi connectivity index (χ1) is 8.74. The number of fused-ring (bicyclic) bond motifs is 1. The lowest BCUT2D eigenvalue weighted by atomic mass is 9.98. The number of rotatable bonds is 1. The molecule has 0 fully saturated rings. The standard InChI is InChI=1S/C16H10BrCl/c17-13-8-12(9-14(18)10-13)16-7-3-5-11-4-1-2-6-15(11)16/h1-10H. The fourth-order valence-corrected chi connectivity index (χ4v) is 3.05. The van der Waals surface area contributed by atoms with Crippen molar-refractivity contribution in [1.82, 2.24) is 0 Å². The van der Waals surface area contributed by atoms with Crippen molar-refractivity contribution in [3.05, 3.63) is 70.2 Å². The molecular formula is C16H10BrCl. The van der Waals surface area contributed by atoms with Crippen LogP contribution in [0.4, 0.5) is 0 Å². The molecule has 88 valence electrons. The molecule has 0 amide bonds. The molecule has 18 heavy (non-hydrogen) atoms. The quantitative estimate of drug-likeness (QED) is 0.522. The van der Waals surface area contributed by atoms with E-state index in [9.17, 15) is 0 Å². The Labute approximate surface area is 119 Å². The van der Waals surface area contributed by atoms with Gasteiger partial charge >= 0.3 is 0 Å². The average molecular weight is 318 g/mol. The third kappa shape index (κ3) is 2.16. The maximum absolute atomic E-state index is 6.12. The first kappa shape index (κ1) is 11.8. The molecule has 0 bridgehead atoms. The molecule has 0 saturated heterocycles.